The molecule has 13 nitrogen and oxygen atoms in total. The molecule has 0 spiro atoms. The maximum atomic E-state index is 13.6. The largest absolute Gasteiger partial charge is 0.459 e. The maximum absolute atomic E-state index is 13.6. The highest BCUT2D eigenvalue weighted by atomic mass is 16.7. The smallest absolute Gasteiger partial charge is 0.289 e. The molecule has 1 aromatic carbocycles. The summed E-state index contributed by atoms with van der Waals surface area (Å²) in [6.07, 6.45) is 3.44. The minimum atomic E-state index is -0.541. The van der Waals surface area contributed by atoms with Gasteiger partial charge in [0.25, 0.3) is 11.5 Å². The summed E-state index contributed by atoms with van der Waals surface area (Å²) in [5.41, 5.74) is 0.919. The number of benzene rings is 1. The van der Waals surface area contributed by atoms with Crippen molar-refractivity contribution in [3.8, 4) is 11.5 Å². The lowest BCUT2D eigenvalue weighted by Gasteiger charge is -2.38. The number of rotatable bonds is 6. The van der Waals surface area contributed by atoms with Gasteiger partial charge in [0.2, 0.25) is 6.79 Å². The first kappa shape index (κ1) is 23.9. The summed E-state index contributed by atoms with van der Waals surface area (Å²) < 4.78 is 23.9. The van der Waals surface area contributed by atoms with Gasteiger partial charge in [0.15, 0.2) is 23.1 Å². The summed E-state index contributed by atoms with van der Waals surface area (Å²) in [7, 11) is 0. The number of hydrogen-bond donors (Lipinski definition) is 1. The van der Waals surface area contributed by atoms with Crippen LogP contribution in [0.15, 0.2) is 45.8 Å². The number of pyridine rings is 1. The van der Waals surface area contributed by atoms with Gasteiger partial charge in [0.05, 0.1) is 24.4 Å². The standard InChI is InChI=1S/C26H27N7O6/c34-25-18(11-16-12-21-22(39-15-38-21)13-19(16)27-25)23(24-28-29-30-33(24)14-17-3-1-9-36-17)31-5-7-32(8-6-31)26(35)20-4-2-10-37-20/h2,4,10-13,17,23H,1,3,5-9,14-15H2,(H,27,34)/t17-,23+/m0/s1. The lowest BCUT2D eigenvalue weighted by molar-refractivity contribution is 0.0550. The third kappa shape index (κ3) is 4.42. The number of fused-ring (bicyclic) bond motifs is 2. The van der Waals surface area contributed by atoms with E-state index in [9.17, 15) is 9.59 Å². The monoisotopic (exact) mass is 533 g/mol. The van der Waals surface area contributed by atoms with Crippen molar-refractivity contribution >= 4 is 16.8 Å². The SMILES string of the molecule is O=C(c1ccco1)N1CCN([C@H](c2cc3cc4c(cc3[nH]c2=O)OCO4)c2nnnn2C[C@@H]2CCCO2)CC1. The Labute approximate surface area is 222 Å². The van der Waals surface area contributed by atoms with E-state index in [0.29, 0.717) is 66.9 Å². The topological polar surface area (TPSA) is 141 Å². The molecule has 0 radical (unpaired) electrons. The fraction of sp³-hybridized carbons (Fsp3) is 0.423. The Morgan fingerprint density at radius 3 is 2.74 bits per heavy atom. The van der Waals surface area contributed by atoms with Crippen LogP contribution in [0.25, 0.3) is 10.9 Å². The Bertz CT molecular complexity index is 1550. The third-order valence-corrected chi connectivity index (χ3v) is 7.56. The van der Waals surface area contributed by atoms with Crippen molar-refractivity contribution in [1.82, 2.24) is 35.0 Å². The average molecular weight is 534 g/mol. The number of H-pyrrole nitrogens is 1. The quantitative estimate of drug-likeness (QED) is 0.388. The van der Waals surface area contributed by atoms with E-state index in [2.05, 4.69) is 25.4 Å². The van der Waals surface area contributed by atoms with Gasteiger partial charge in [-0.1, -0.05) is 0 Å². The van der Waals surface area contributed by atoms with Crippen LogP contribution in [0.1, 0.15) is 40.8 Å². The van der Waals surface area contributed by atoms with E-state index >= 15 is 0 Å². The van der Waals surface area contributed by atoms with Gasteiger partial charge in [-0.3, -0.25) is 14.5 Å². The highest BCUT2D eigenvalue weighted by Gasteiger charge is 2.35. The van der Waals surface area contributed by atoms with Gasteiger partial charge in [-0.2, -0.15) is 0 Å². The molecule has 1 N–H and O–H groups in total. The first-order valence-electron chi connectivity index (χ1n) is 13.0. The maximum Gasteiger partial charge on any atom is 0.289 e. The highest BCUT2D eigenvalue weighted by molar-refractivity contribution is 5.91. The van der Waals surface area contributed by atoms with Crippen molar-refractivity contribution in [1.29, 1.82) is 0 Å². The molecule has 202 valence electrons. The van der Waals surface area contributed by atoms with Crippen LogP contribution >= 0.6 is 0 Å². The number of aromatic nitrogens is 5. The van der Waals surface area contributed by atoms with Gasteiger partial charge in [-0.05, 0) is 47.5 Å². The van der Waals surface area contributed by atoms with Crippen LogP contribution in [-0.4, -0.2) is 86.6 Å². The van der Waals surface area contributed by atoms with Crippen LogP contribution in [0.4, 0.5) is 0 Å². The predicted octanol–water partition coefficient (Wildman–Crippen LogP) is 1.56. The number of carbonyl (C=O) groups excluding carboxylic acids is 1. The first-order valence-corrected chi connectivity index (χ1v) is 13.0. The number of tetrazole rings is 1. The molecule has 0 saturated carbocycles. The second-order valence-corrected chi connectivity index (χ2v) is 9.91. The van der Waals surface area contributed by atoms with Gasteiger partial charge in [-0.25, -0.2) is 4.68 Å². The molecule has 0 bridgehead atoms. The Morgan fingerprint density at radius 2 is 1.97 bits per heavy atom. The summed E-state index contributed by atoms with van der Waals surface area (Å²) in [6, 6.07) is 8.33. The van der Waals surface area contributed by atoms with Gasteiger partial charge < -0.3 is 28.5 Å². The first-order chi connectivity index (χ1) is 19.1. The molecular formula is C26H27N7O6. The molecule has 2 saturated heterocycles. The van der Waals surface area contributed by atoms with Crippen molar-refractivity contribution < 1.29 is 23.4 Å². The number of furan rings is 1. The Hall–Kier alpha value is -4.23. The van der Waals surface area contributed by atoms with E-state index in [1.165, 1.54) is 6.26 Å². The summed E-state index contributed by atoms with van der Waals surface area (Å²) in [4.78, 5) is 33.3. The molecule has 13 heteroatoms. The zero-order valence-corrected chi connectivity index (χ0v) is 21.1. The van der Waals surface area contributed by atoms with E-state index < -0.39 is 6.04 Å². The van der Waals surface area contributed by atoms with Crippen LogP contribution in [0.5, 0.6) is 11.5 Å². The number of carbonyl (C=O) groups is 1. The van der Waals surface area contributed by atoms with Gasteiger partial charge in [-0.15, -0.1) is 5.10 Å². The fourth-order valence-electron chi connectivity index (χ4n) is 5.57. The van der Waals surface area contributed by atoms with Gasteiger partial charge >= 0.3 is 0 Å². The molecule has 3 aliphatic heterocycles. The zero-order valence-electron chi connectivity index (χ0n) is 21.1. The number of nitrogens with zero attached hydrogens (tertiary/aromatic N) is 6. The number of aromatic amines is 1. The van der Waals surface area contributed by atoms with Crippen molar-refractivity contribution in [2.24, 2.45) is 0 Å². The minimum Gasteiger partial charge on any atom is -0.459 e. The Balaban J connectivity index is 1.25. The molecule has 4 aromatic rings. The van der Waals surface area contributed by atoms with Crippen LogP contribution in [-0.2, 0) is 11.3 Å². The third-order valence-electron chi connectivity index (χ3n) is 7.56. The molecule has 6 heterocycles. The molecule has 2 atom stereocenters. The number of ether oxygens (including phenoxy) is 3. The molecule has 3 aliphatic rings. The molecular weight excluding hydrogens is 506 g/mol. The molecule has 39 heavy (non-hydrogen) atoms. The van der Waals surface area contributed by atoms with Crippen LogP contribution in [0.2, 0.25) is 0 Å². The summed E-state index contributed by atoms with van der Waals surface area (Å²) in [6.45, 7) is 3.33. The van der Waals surface area contributed by atoms with Gasteiger partial charge in [0, 0.05) is 49.8 Å². The molecule has 1 amide bonds. The number of piperazine rings is 1. The zero-order chi connectivity index (χ0) is 26.3. The highest BCUT2D eigenvalue weighted by Crippen LogP contribution is 2.36. The van der Waals surface area contributed by atoms with Crippen LogP contribution in [0.3, 0.4) is 0 Å². The van der Waals surface area contributed by atoms with Crippen molar-refractivity contribution in [3.05, 3.63) is 64.1 Å². The van der Waals surface area contributed by atoms with E-state index in [-0.39, 0.29) is 24.4 Å². The van der Waals surface area contributed by atoms with E-state index in [1.807, 2.05) is 12.1 Å². The summed E-state index contributed by atoms with van der Waals surface area (Å²) in [5, 5.41) is 13.4. The average Bonchev–Trinajstić information content (AvgIpc) is 3.77. The lowest BCUT2D eigenvalue weighted by Crippen LogP contribution is -2.50. The molecule has 0 aliphatic carbocycles. The summed E-state index contributed by atoms with van der Waals surface area (Å²) in [5.74, 6) is 1.94. The molecule has 2 fully saturated rings. The second-order valence-electron chi connectivity index (χ2n) is 9.91. The Morgan fingerprint density at radius 1 is 1.13 bits per heavy atom. The van der Waals surface area contributed by atoms with E-state index in [4.69, 9.17) is 18.6 Å². The molecule has 0 unspecified atom stereocenters. The number of amides is 1. The van der Waals surface area contributed by atoms with E-state index in [1.54, 1.807) is 27.8 Å². The minimum absolute atomic E-state index is 0.0188. The van der Waals surface area contributed by atoms with Crippen LogP contribution in [0, 0.1) is 0 Å². The predicted molar refractivity (Wildman–Crippen MR) is 136 cm³/mol. The molecule has 3 aromatic heterocycles. The van der Waals surface area contributed by atoms with Crippen molar-refractivity contribution in [3.63, 3.8) is 0 Å². The fourth-order valence-corrected chi connectivity index (χ4v) is 5.57. The van der Waals surface area contributed by atoms with E-state index in [0.717, 1.165) is 24.8 Å². The Kier molecular flexibility index (Phi) is 6.01. The number of nitrogens with one attached hydrogen (secondary N) is 1. The number of hydrogen-bond acceptors (Lipinski definition) is 10. The van der Waals surface area contributed by atoms with Crippen LogP contribution < -0.4 is 15.0 Å². The summed E-state index contributed by atoms with van der Waals surface area (Å²) >= 11 is 0. The van der Waals surface area contributed by atoms with Gasteiger partial charge in [0.1, 0.15) is 6.04 Å². The second kappa shape index (κ2) is 9.82. The van der Waals surface area contributed by atoms with Crippen molar-refractivity contribution in [2.45, 2.75) is 31.5 Å². The normalized spacial score (nSPS) is 20.1. The van der Waals surface area contributed by atoms with Crippen molar-refractivity contribution in [2.75, 3.05) is 39.6 Å². The molecule has 7 rings (SSSR count). The lowest BCUT2D eigenvalue weighted by atomic mass is 10.0.